The Morgan fingerprint density at radius 3 is 2.81 bits per heavy atom. The lowest BCUT2D eigenvalue weighted by atomic mass is 10.1. The maximum absolute atomic E-state index is 14.2. The summed E-state index contributed by atoms with van der Waals surface area (Å²) in [5.74, 6) is -0.602. The van der Waals surface area contributed by atoms with Crippen molar-refractivity contribution in [2.75, 3.05) is 12.4 Å². The number of benzene rings is 1. The van der Waals surface area contributed by atoms with Gasteiger partial charge in [0.15, 0.2) is 11.5 Å². The molecule has 4 aromatic rings. The molecule has 1 amide bonds. The van der Waals surface area contributed by atoms with Crippen molar-refractivity contribution in [1.82, 2.24) is 14.4 Å². The summed E-state index contributed by atoms with van der Waals surface area (Å²) in [5.41, 5.74) is 1.88. The first-order chi connectivity index (χ1) is 13.0. The molecule has 3 heterocycles. The molecule has 0 unspecified atom stereocenters. The normalized spacial score (nSPS) is 11.1. The summed E-state index contributed by atoms with van der Waals surface area (Å²) in [6.07, 6.45) is 3.28. The summed E-state index contributed by atoms with van der Waals surface area (Å²) in [5, 5.41) is 3.79. The number of aromatic nitrogens is 3. The van der Waals surface area contributed by atoms with Gasteiger partial charge in [-0.25, -0.2) is 14.4 Å². The monoisotopic (exact) mass is 384 g/mol. The van der Waals surface area contributed by atoms with E-state index in [-0.39, 0.29) is 5.65 Å². The molecule has 0 saturated heterocycles. The van der Waals surface area contributed by atoms with E-state index in [2.05, 4.69) is 15.3 Å². The molecule has 3 aromatic heterocycles. The molecule has 136 valence electrons. The first-order valence-electron chi connectivity index (χ1n) is 8.05. The van der Waals surface area contributed by atoms with E-state index < -0.39 is 11.7 Å². The molecule has 0 aliphatic heterocycles. The van der Waals surface area contributed by atoms with Crippen LogP contribution in [0.4, 0.5) is 10.1 Å². The Morgan fingerprint density at radius 1 is 1.22 bits per heavy atom. The predicted molar refractivity (Wildman–Crippen MR) is 101 cm³/mol. The van der Waals surface area contributed by atoms with Gasteiger partial charge in [0.1, 0.15) is 0 Å². The summed E-state index contributed by atoms with van der Waals surface area (Å²) in [6, 6.07) is 7.82. The number of ether oxygens (including phenoxy) is 1. The fraction of sp³-hybridized carbons (Fsp3) is 0.105. The van der Waals surface area contributed by atoms with Crippen LogP contribution in [0.25, 0.3) is 16.6 Å². The van der Waals surface area contributed by atoms with Gasteiger partial charge in [0.2, 0.25) is 5.88 Å². The van der Waals surface area contributed by atoms with Gasteiger partial charge in [-0.3, -0.25) is 4.79 Å². The molecule has 0 fully saturated rings. The van der Waals surface area contributed by atoms with Gasteiger partial charge < -0.3 is 14.5 Å². The van der Waals surface area contributed by atoms with Gasteiger partial charge in [-0.1, -0.05) is 11.6 Å². The zero-order chi connectivity index (χ0) is 19.1. The standard InChI is InChI=1S/C19H14ClFN4O2/c1-10-8-25-9-11(7-15(21)18(25)22-10)23-19(26)13-3-5-14(20)12-4-6-16(27-2)24-17(12)13/h3-9H,1-2H3,(H,23,26). The molecule has 4 rings (SSSR count). The number of carbonyl (C=O) groups is 1. The third-order valence-corrected chi connectivity index (χ3v) is 4.45. The number of halogens is 2. The predicted octanol–water partition coefficient (Wildman–Crippen LogP) is 4.24. The van der Waals surface area contributed by atoms with Crippen molar-refractivity contribution in [3.63, 3.8) is 0 Å². The molecular weight excluding hydrogens is 371 g/mol. The van der Waals surface area contributed by atoms with Gasteiger partial charge >= 0.3 is 0 Å². The van der Waals surface area contributed by atoms with Crippen LogP contribution in [0.1, 0.15) is 16.1 Å². The fourth-order valence-electron chi connectivity index (χ4n) is 2.91. The highest BCUT2D eigenvalue weighted by Gasteiger charge is 2.16. The molecule has 1 aromatic carbocycles. The largest absolute Gasteiger partial charge is 0.481 e. The number of pyridine rings is 2. The first kappa shape index (κ1) is 17.2. The van der Waals surface area contributed by atoms with Gasteiger partial charge in [-0.05, 0) is 25.1 Å². The summed E-state index contributed by atoms with van der Waals surface area (Å²) in [6.45, 7) is 1.77. The van der Waals surface area contributed by atoms with Crippen LogP contribution >= 0.6 is 11.6 Å². The van der Waals surface area contributed by atoms with E-state index in [0.29, 0.717) is 38.8 Å². The molecular formula is C19H14ClFN4O2. The summed E-state index contributed by atoms with van der Waals surface area (Å²) in [4.78, 5) is 21.2. The minimum Gasteiger partial charge on any atom is -0.481 e. The van der Waals surface area contributed by atoms with Crippen molar-refractivity contribution >= 4 is 39.7 Å². The maximum Gasteiger partial charge on any atom is 0.257 e. The third-order valence-electron chi connectivity index (χ3n) is 4.12. The number of aryl methyl sites for hydroxylation is 1. The van der Waals surface area contributed by atoms with Crippen molar-refractivity contribution in [3.05, 3.63) is 64.8 Å². The minimum absolute atomic E-state index is 0.203. The van der Waals surface area contributed by atoms with Crippen LogP contribution in [0.2, 0.25) is 5.02 Å². The number of methoxy groups -OCH3 is 1. The Hall–Kier alpha value is -3.19. The van der Waals surface area contributed by atoms with Crippen LogP contribution in [0, 0.1) is 12.7 Å². The lowest BCUT2D eigenvalue weighted by molar-refractivity contribution is 0.102. The van der Waals surface area contributed by atoms with Crippen LogP contribution < -0.4 is 10.1 Å². The highest BCUT2D eigenvalue weighted by molar-refractivity contribution is 6.36. The average molecular weight is 385 g/mol. The van der Waals surface area contributed by atoms with Gasteiger partial charge in [0.25, 0.3) is 5.91 Å². The number of nitrogens with one attached hydrogen (secondary N) is 1. The fourth-order valence-corrected chi connectivity index (χ4v) is 3.12. The minimum atomic E-state index is -0.526. The van der Waals surface area contributed by atoms with Crippen molar-refractivity contribution in [2.24, 2.45) is 0 Å². The van der Waals surface area contributed by atoms with Crippen molar-refractivity contribution in [1.29, 1.82) is 0 Å². The Labute approximate surface area is 158 Å². The molecule has 27 heavy (non-hydrogen) atoms. The van der Waals surface area contributed by atoms with Gasteiger partial charge in [0.05, 0.1) is 34.6 Å². The van der Waals surface area contributed by atoms with Crippen LogP contribution in [-0.2, 0) is 0 Å². The highest BCUT2D eigenvalue weighted by Crippen LogP contribution is 2.28. The summed E-state index contributed by atoms with van der Waals surface area (Å²) >= 11 is 6.21. The number of nitrogens with zero attached hydrogens (tertiary/aromatic N) is 3. The van der Waals surface area contributed by atoms with E-state index in [1.54, 1.807) is 43.6 Å². The highest BCUT2D eigenvalue weighted by atomic mass is 35.5. The van der Waals surface area contributed by atoms with Gasteiger partial charge in [0, 0.05) is 29.9 Å². The molecule has 0 saturated carbocycles. The van der Waals surface area contributed by atoms with E-state index in [9.17, 15) is 9.18 Å². The second-order valence-corrected chi connectivity index (χ2v) is 6.40. The number of anilines is 1. The zero-order valence-electron chi connectivity index (χ0n) is 14.5. The van der Waals surface area contributed by atoms with E-state index in [0.717, 1.165) is 0 Å². The Bertz CT molecular complexity index is 1210. The van der Waals surface area contributed by atoms with Gasteiger partial charge in [-0.15, -0.1) is 0 Å². The first-order valence-corrected chi connectivity index (χ1v) is 8.43. The molecule has 0 atom stereocenters. The number of carbonyl (C=O) groups excluding carboxylic acids is 1. The number of hydrogen-bond acceptors (Lipinski definition) is 4. The van der Waals surface area contributed by atoms with Crippen molar-refractivity contribution in [3.8, 4) is 5.88 Å². The Morgan fingerprint density at radius 2 is 2.04 bits per heavy atom. The summed E-state index contributed by atoms with van der Waals surface area (Å²) < 4.78 is 20.9. The number of rotatable bonds is 3. The SMILES string of the molecule is COc1ccc2c(Cl)ccc(C(=O)Nc3cc(F)c4nc(C)cn4c3)c2n1. The number of amides is 1. The average Bonchev–Trinajstić information content (AvgIpc) is 3.02. The molecule has 0 aliphatic carbocycles. The number of fused-ring (bicyclic) bond motifs is 2. The summed E-state index contributed by atoms with van der Waals surface area (Å²) in [7, 11) is 1.49. The molecule has 0 bridgehead atoms. The van der Waals surface area contributed by atoms with E-state index in [1.807, 2.05) is 0 Å². The lowest BCUT2D eigenvalue weighted by Crippen LogP contribution is -2.14. The molecule has 0 radical (unpaired) electrons. The van der Waals surface area contributed by atoms with Crippen LogP contribution in [0.5, 0.6) is 5.88 Å². The van der Waals surface area contributed by atoms with Gasteiger partial charge in [-0.2, -0.15) is 0 Å². The lowest BCUT2D eigenvalue weighted by Gasteiger charge is -2.10. The van der Waals surface area contributed by atoms with Crippen LogP contribution in [-0.4, -0.2) is 27.4 Å². The van der Waals surface area contributed by atoms with Crippen LogP contribution in [0.3, 0.4) is 0 Å². The number of hydrogen-bond donors (Lipinski definition) is 1. The van der Waals surface area contributed by atoms with E-state index in [4.69, 9.17) is 16.3 Å². The molecule has 6 nitrogen and oxygen atoms in total. The third kappa shape index (κ3) is 3.06. The molecule has 8 heteroatoms. The molecule has 0 aliphatic rings. The Balaban J connectivity index is 1.76. The molecule has 0 spiro atoms. The zero-order valence-corrected chi connectivity index (χ0v) is 15.2. The van der Waals surface area contributed by atoms with E-state index >= 15 is 0 Å². The molecule has 1 N–H and O–H groups in total. The second-order valence-electron chi connectivity index (χ2n) is 5.99. The maximum atomic E-state index is 14.2. The Kier molecular flexibility index (Phi) is 4.16. The quantitative estimate of drug-likeness (QED) is 0.573. The van der Waals surface area contributed by atoms with Crippen LogP contribution in [0.15, 0.2) is 42.7 Å². The number of imidazole rings is 1. The van der Waals surface area contributed by atoms with E-state index in [1.165, 1.54) is 17.6 Å². The van der Waals surface area contributed by atoms with Crippen molar-refractivity contribution in [2.45, 2.75) is 6.92 Å². The smallest absolute Gasteiger partial charge is 0.257 e. The topological polar surface area (TPSA) is 68.5 Å². The van der Waals surface area contributed by atoms with Crippen molar-refractivity contribution < 1.29 is 13.9 Å². The second kappa shape index (κ2) is 6.51.